The van der Waals surface area contributed by atoms with Crippen molar-refractivity contribution in [3.8, 4) is 17.2 Å². The third-order valence-electron chi connectivity index (χ3n) is 4.66. The minimum absolute atomic E-state index is 0.0756. The molecule has 1 aliphatic heterocycles. The van der Waals surface area contributed by atoms with Crippen LogP contribution in [0, 0.1) is 6.92 Å². The fraction of sp³-hybridized carbons (Fsp3) is 0.286. The number of anilines is 1. The number of para-hydroxylation sites is 1. The lowest BCUT2D eigenvalue weighted by atomic mass is 10.1. The van der Waals surface area contributed by atoms with Crippen LogP contribution < -0.4 is 9.64 Å². The summed E-state index contributed by atoms with van der Waals surface area (Å²) in [4.78, 5) is 18.8. The van der Waals surface area contributed by atoms with Gasteiger partial charge in [-0.25, -0.2) is 0 Å². The lowest BCUT2D eigenvalue weighted by Crippen LogP contribution is -2.24. The van der Waals surface area contributed by atoms with Crippen molar-refractivity contribution in [3.63, 3.8) is 0 Å². The Morgan fingerprint density at radius 1 is 1.22 bits per heavy atom. The van der Waals surface area contributed by atoms with Gasteiger partial charge in [0, 0.05) is 24.6 Å². The molecule has 1 aromatic heterocycles. The standard InChI is InChI=1S/C21H21N3O3/c1-3-26-18-10-5-4-9-17(18)21-22-20(23-27-21)15-12-19(25)24(13-15)16-8-6-7-14(2)11-16/h4-11,15H,3,12-13H2,1-2H3. The molecule has 4 rings (SSSR count). The third-order valence-corrected chi connectivity index (χ3v) is 4.66. The van der Waals surface area contributed by atoms with Gasteiger partial charge in [0.2, 0.25) is 5.91 Å². The summed E-state index contributed by atoms with van der Waals surface area (Å²) in [6.45, 7) is 5.05. The van der Waals surface area contributed by atoms with Crippen molar-refractivity contribution < 1.29 is 14.1 Å². The van der Waals surface area contributed by atoms with Gasteiger partial charge in [-0.3, -0.25) is 4.79 Å². The van der Waals surface area contributed by atoms with E-state index in [9.17, 15) is 4.79 Å². The van der Waals surface area contributed by atoms with Gasteiger partial charge >= 0.3 is 0 Å². The third kappa shape index (κ3) is 3.43. The van der Waals surface area contributed by atoms with Crippen LogP contribution in [0.4, 0.5) is 5.69 Å². The Labute approximate surface area is 157 Å². The molecule has 1 unspecified atom stereocenters. The van der Waals surface area contributed by atoms with Gasteiger partial charge in [0.05, 0.1) is 12.2 Å². The van der Waals surface area contributed by atoms with Gasteiger partial charge < -0.3 is 14.2 Å². The lowest BCUT2D eigenvalue weighted by molar-refractivity contribution is -0.117. The Morgan fingerprint density at radius 3 is 2.89 bits per heavy atom. The second-order valence-electron chi connectivity index (χ2n) is 6.63. The van der Waals surface area contributed by atoms with E-state index in [2.05, 4.69) is 10.1 Å². The van der Waals surface area contributed by atoms with Crippen LogP contribution >= 0.6 is 0 Å². The Bertz CT molecular complexity index is 967. The highest BCUT2D eigenvalue weighted by Gasteiger charge is 2.34. The van der Waals surface area contributed by atoms with Crippen molar-refractivity contribution in [1.82, 2.24) is 10.1 Å². The normalized spacial score (nSPS) is 16.7. The number of hydrogen-bond donors (Lipinski definition) is 0. The molecule has 0 N–H and O–H groups in total. The molecule has 0 aliphatic carbocycles. The molecule has 1 fully saturated rings. The van der Waals surface area contributed by atoms with Crippen molar-refractivity contribution >= 4 is 11.6 Å². The predicted molar refractivity (Wildman–Crippen MR) is 102 cm³/mol. The summed E-state index contributed by atoms with van der Waals surface area (Å²) in [6, 6.07) is 15.5. The van der Waals surface area contributed by atoms with E-state index < -0.39 is 0 Å². The zero-order valence-electron chi connectivity index (χ0n) is 15.4. The maximum Gasteiger partial charge on any atom is 0.261 e. The first-order valence-electron chi connectivity index (χ1n) is 9.08. The van der Waals surface area contributed by atoms with Gasteiger partial charge in [-0.1, -0.05) is 29.4 Å². The zero-order chi connectivity index (χ0) is 18.8. The Hall–Kier alpha value is -3.15. The number of carbonyl (C=O) groups is 1. The van der Waals surface area contributed by atoms with Crippen LogP contribution in [-0.2, 0) is 4.79 Å². The molecular formula is C21H21N3O3. The van der Waals surface area contributed by atoms with Gasteiger partial charge in [0.15, 0.2) is 5.82 Å². The van der Waals surface area contributed by atoms with Gasteiger partial charge in [0.25, 0.3) is 5.89 Å². The van der Waals surface area contributed by atoms with E-state index in [1.54, 1.807) is 4.90 Å². The molecule has 1 amide bonds. The molecule has 0 spiro atoms. The van der Waals surface area contributed by atoms with Crippen LogP contribution in [0.5, 0.6) is 5.75 Å². The SMILES string of the molecule is CCOc1ccccc1-c1nc(C2CC(=O)N(c3cccc(C)c3)C2)no1. The summed E-state index contributed by atoms with van der Waals surface area (Å²) in [5.41, 5.74) is 2.80. The zero-order valence-corrected chi connectivity index (χ0v) is 15.4. The monoisotopic (exact) mass is 363 g/mol. The molecule has 6 nitrogen and oxygen atoms in total. The molecule has 27 heavy (non-hydrogen) atoms. The van der Waals surface area contributed by atoms with Crippen LogP contribution in [0.2, 0.25) is 0 Å². The highest BCUT2D eigenvalue weighted by molar-refractivity contribution is 5.96. The minimum atomic E-state index is -0.0882. The molecule has 6 heteroatoms. The largest absolute Gasteiger partial charge is 0.493 e. The molecular weight excluding hydrogens is 342 g/mol. The smallest absolute Gasteiger partial charge is 0.261 e. The van der Waals surface area contributed by atoms with E-state index in [4.69, 9.17) is 9.26 Å². The highest BCUT2D eigenvalue weighted by Crippen LogP contribution is 2.33. The summed E-state index contributed by atoms with van der Waals surface area (Å²) < 4.78 is 11.1. The van der Waals surface area contributed by atoms with Crippen molar-refractivity contribution in [2.75, 3.05) is 18.1 Å². The number of ether oxygens (including phenoxy) is 1. The van der Waals surface area contributed by atoms with Crippen LogP contribution in [0.25, 0.3) is 11.5 Å². The number of benzene rings is 2. The second-order valence-corrected chi connectivity index (χ2v) is 6.63. The Morgan fingerprint density at radius 2 is 2.07 bits per heavy atom. The van der Waals surface area contributed by atoms with E-state index in [1.807, 2.05) is 62.4 Å². The molecule has 3 aromatic rings. The summed E-state index contributed by atoms with van der Waals surface area (Å²) in [5, 5.41) is 4.14. The number of nitrogens with zero attached hydrogens (tertiary/aromatic N) is 3. The highest BCUT2D eigenvalue weighted by atomic mass is 16.5. The Balaban J connectivity index is 1.57. The van der Waals surface area contributed by atoms with E-state index in [1.165, 1.54) is 0 Å². The number of amides is 1. The molecule has 1 aliphatic rings. The predicted octanol–water partition coefficient (Wildman–Crippen LogP) is 3.96. The van der Waals surface area contributed by atoms with Crippen molar-refractivity contribution in [1.29, 1.82) is 0 Å². The second kappa shape index (κ2) is 7.23. The average molecular weight is 363 g/mol. The van der Waals surface area contributed by atoms with E-state index in [0.29, 0.717) is 37.0 Å². The fourth-order valence-electron chi connectivity index (χ4n) is 3.36. The minimum Gasteiger partial charge on any atom is -0.493 e. The first-order chi connectivity index (χ1) is 13.2. The lowest BCUT2D eigenvalue weighted by Gasteiger charge is -2.16. The van der Waals surface area contributed by atoms with Gasteiger partial charge in [-0.05, 0) is 43.7 Å². The molecule has 2 heterocycles. The molecule has 1 atom stereocenters. The van der Waals surface area contributed by atoms with E-state index in [-0.39, 0.29) is 11.8 Å². The fourth-order valence-corrected chi connectivity index (χ4v) is 3.36. The van der Waals surface area contributed by atoms with Crippen molar-refractivity contribution in [2.45, 2.75) is 26.2 Å². The summed E-state index contributed by atoms with van der Waals surface area (Å²) in [5.74, 6) is 1.66. The quantitative estimate of drug-likeness (QED) is 0.686. The topological polar surface area (TPSA) is 68.5 Å². The summed E-state index contributed by atoms with van der Waals surface area (Å²) in [7, 11) is 0. The average Bonchev–Trinajstić information content (AvgIpc) is 3.29. The molecule has 1 saturated heterocycles. The van der Waals surface area contributed by atoms with E-state index in [0.717, 1.165) is 16.8 Å². The number of aryl methyl sites for hydroxylation is 1. The molecule has 0 radical (unpaired) electrons. The Kier molecular flexibility index (Phi) is 4.62. The van der Waals surface area contributed by atoms with Gasteiger partial charge in [-0.15, -0.1) is 0 Å². The van der Waals surface area contributed by atoms with Crippen molar-refractivity contribution in [3.05, 3.63) is 59.9 Å². The summed E-state index contributed by atoms with van der Waals surface area (Å²) >= 11 is 0. The number of hydrogen-bond acceptors (Lipinski definition) is 5. The number of carbonyl (C=O) groups excluding carboxylic acids is 1. The maximum atomic E-state index is 12.5. The molecule has 138 valence electrons. The van der Waals surface area contributed by atoms with Crippen molar-refractivity contribution in [2.24, 2.45) is 0 Å². The molecule has 0 saturated carbocycles. The molecule has 0 bridgehead atoms. The first kappa shape index (κ1) is 17.3. The van der Waals surface area contributed by atoms with Crippen LogP contribution in [0.1, 0.15) is 30.7 Å². The van der Waals surface area contributed by atoms with E-state index >= 15 is 0 Å². The van der Waals surface area contributed by atoms with Gasteiger partial charge in [0.1, 0.15) is 5.75 Å². The number of aromatic nitrogens is 2. The summed E-state index contributed by atoms with van der Waals surface area (Å²) in [6.07, 6.45) is 0.375. The molecule has 2 aromatic carbocycles. The van der Waals surface area contributed by atoms with Gasteiger partial charge in [-0.2, -0.15) is 4.98 Å². The first-order valence-corrected chi connectivity index (χ1v) is 9.08. The van der Waals surface area contributed by atoms with Crippen LogP contribution in [-0.4, -0.2) is 29.2 Å². The number of rotatable bonds is 5. The van der Waals surface area contributed by atoms with Crippen LogP contribution in [0.3, 0.4) is 0 Å². The maximum absolute atomic E-state index is 12.5. The van der Waals surface area contributed by atoms with Crippen LogP contribution in [0.15, 0.2) is 53.1 Å².